The Morgan fingerprint density at radius 1 is 1.53 bits per heavy atom. The number of anilines is 1. The summed E-state index contributed by atoms with van der Waals surface area (Å²) in [6.07, 6.45) is 1.03. The van der Waals surface area contributed by atoms with Crippen LogP contribution in [0.2, 0.25) is 0 Å². The monoisotopic (exact) mass is 206 g/mol. The summed E-state index contributed by atoms with van der Waals surface area (Å²) < 4.78 is 0. The van der Waals surface area contributed by atoms with Gasteiger partial charge in [-0.05, 0) is 44.2 Å². The zero-order chi connectivity index (χ0) is 10.8. The van der Waals surface area contributed by atoms with Crippen molar-refractivity contribution < 1.29 is 5.11 Å². The van der Waals surface area contributed by atoms with E-state index in [1.807, 2.05) is 19.2 Å². The van der Waals surface area contributed by atoms with E-state index < -0.39 is 0 Å². The second-order valence-corrected chi connectivity index (χ2v) is 4.01. The van der Waals surface area contributed by atoms with Crippen LogP contribution in [0.15, 0.2) is 18.2 Å². The average Bonchev–Trinajstić information content (AvgIpc) is 2.54. The van der Waals surface area contributed by atoms with Crippen LogP contribution >= 0.6 is 0 Å². The van der Waals surface area contributed by atoms with E-state index in [-0.39, 0.29) is 0 Å². The molecule has 1 unspecified atom stereocenters. The summed E-state index contributed by atoms with van der Waals surface area (Å²) >= 11 is 0. The minimum absolute atomic E-state index is 0.370. The van der Waals surface area contributed by atoms with Gasteiger partial charge in [0.25, 0.3) is 0 Å². The molecule has 2 rings (SSSR count). The van der Waals surface area contributed by atoms with E-state index in [0.717, 1.165) is 19.5 Å². The number of fused-ring (bicyclic) bond motifs is 1. The number of aromatic hydroxyl groups is 1. The minimum Gasteiger partial charge on any atom is -0.508 e. The van der Waals surface area contributed by atoms with Gasteiger partial charge in [-0.15, -0.1) is 0 Å². The number of likely N-dealkylation sites (N-methyl/N-ethyl adjacent to an activating group) is 2. The highest BCUT2D eigenvalue weighted by atomic mass is 16.3. The first-order valence-corrected chi connectivity index (χ1v) is 5.49. The van der Waals surface area contributed by atoms with Gasteiger partial charge in [0.1, 0.15) is 5.75 Å². The number of nitrogens with zero attached hydrogens (tertiary/aromatic N) is 1. The lowest BCUT2D eigenvalue weighted by atomic mass is 10.1. The van der Waals surface area contributed by atoms with Crippen molar-refractivity contribution in [3.8, 4) is 5.75 Å². The number of benzene rings is 1. The molecule has 0 aliphatic carbocycles. The van der Waals surface area contributed by atoms with Crippen LogP contribution in [-0.4, -0.2) is 31.3 Å². The number of hydrogen-bond acceptors (Lipinski definition) is 3. The van der Waals surface area contributed by atoms with Crippen molar-refractivity contribution in [2.24, 2.45) is 0 Å². The molecule has 15 heavy (non-hydrogen) atoms. The quantitative estimate of drug-likeness (QED) is 0.784. The zero-order valence-electron chi connectivity index (χ0n) is 9.33. The minimum atomic E-state index is 0.370. The number of phenolic OH excluding ortho intramolecular Hbond substituents is 1. The van der Waals surface area contributed by atoms with Gasteiger partial charge in [0.2, 0.25) is 0 Å². The number of rotatable bonds is 3. The van der Waals surface area contributed by atoms with Crippen molar-refractivity contribution >= 4 is 5.69 Å². The molecule has 1 atom stereocenters. The maximum Gasteiger partial charge on any atom is 0.116 e. The van der Waals surface area contributed by atoms with Gasteiger partial charge in [0, 0.05) is 24.8 Å². The van der Waals surface area contributed by atoms with Gasteiger partial charge in [-0.3, -0.25) is 0 Å². The number of phenols is 1. The molecule has 0 saturated heterocycles. The highest BCUT2D eigenvalue weighted by Crippen LogP contribution is 2.33. The lowest BCUT2D eigenvalue weighted by Crippen LogP contribution is -2.38. The van der Waals surface area contributed by atoms with E-state index in [4.69, 9.17) is 0 Å². The van der Waals surface area contributed by atoms with Crippen molar-refractivity contribution in [1.82, 2.24) is 5.32 Å². The Labute approximate surface area is 90.7 Å². The molecule has 1 heterocycles. The Kier molecular flexibility index (Phi) is 2.82. The van der Waals surface area contributed by atoms with Crippen molar-refractivity contribution in [1.29, 1.82) is 0 Å². The number of nitrogens with one attached hydrogen (secondary N) is 1. The SMILES string of the molecule is CCN1c2ccc(O)cc2CC1CNC. The first-order chi connectivity index (χ1) is 7.26. The maximum atomic E-state index is 9.44. The molecule has 2 N–H and O–H groups in total. The second kappa shape index (κ2) is 4.11. The Hall–Kier alpha value is -1.22. The predicted molar refractivity (Wildman–Crippen MR) is 62.5 cm³/mol. The summed E-state index contributed by atoms with van der Waals surface area (Å²) in [5.41, 5.74) is 2.53. The second-order valence-electron chi connectivity index (χ2n) is 4.01. The average molecular weight is 206 g/mol. The highest BCUT2D eigenvalue weighted by molar-refractivity contribution is 5.61. The molecule has 0 aromatic heterocycles. The molecule has 0 amide bonds. The van der Waals surface area contributed by atoms with Gasteiger partial charge in [0.05, 0.1) is 0 Å². The first kappa shape index (κ1) is 10.3. The molecule has 3 nitrogen and oxygen atoms in total. The molecule has 1 aliphatic rings. The van der Waals surface area contributed by atoms with E-state index >= 15 is 0 Å². The Morgan fingerprint density at radius 3 is 3.00 bits per heavy atom. The normalized spacial score (nSPS) is 19.3. The van der Waals surface area contributed by atoms with Gasteiger partial charge in [-0.2, -0.15) is 0 Å². The molecule has 0 radical (unpaired) electrons. The van der Waals surface area contributed by atoms with Crippen LogP contribution in [-0.2, 0) is 6.42 Å². The molecular weight excluding hydrogens is 188 g/mol. The van der Waals surface area contributed by atoms with E-state index in [1.165, 1.54) is 11.3 Å². The Balaban J connectivity index is 2.28. The van der Waals surface area contributed by atoms with E-state index in [1.54, 1.807) is 6.07 Å². The lowest BCUT2D eigenvalue weighted by Gasteiger charge is -2.25. The summed E-state index contributed by atoms with van der Waals surface area (Å²) in [4.78, 5) is 2.39. The molecule has 3 heteroatoms. The van der Waals surface area contributed by atoms with E-state index in [2.05, 4.69) is 17.1 Å². The largest absolute Gasteiger partial charge is 0.508 e. The van der Waals surface area contributed by atoms with Gasteiger partial charge in [-0.1, -0.05) is 0 Å². The summed E-state index contributed by atoms with van der Waals surface area (Å²) in [7, 11) is 1.98. The van der Waals surface area contributed by atoms with E-state index in [9.17, 15) is 5.11 Å². The van der Waals surface area contributed by atoms with E-state index in [0.29, 0.717) is 11.8 Å². The van der Waals surface area contributed by atoms with Crippen molar-refractivity contribution in [3.63, 3.8) is 0 Å². The number of hydrogen-bond donors (Lipinski definition) is 2. The summed E-state index contributed by atoms with van der Waals surface area (Å²) in [6.45, 7) is 4.18. The van der Waals surface area contributed by atoms with Gasteiger partial charge in [-0.25, -0.2) is 0 Å². The molecule has 0 spiro atoms. The van der Waals surface area contributed by atoms with Crippen LogP contribution in [0.25, 0.3) is 0 Å². The fraction of sp³-hybridized carbons (Fsp3) is 0.500. The van der Waals surface area contributed by atoms with Crippen molar-refractivity contribution in [2.45, 2.75) is 19.4 Å². The topological polar surface area (TPSA) is 35.5 Å². The van der Waals surface area contributed by atoms with Gasteiger partial charge >= 0.3 is 0 Å². The predicted octanol–water partition coefficient (Wildman–Crippen LogP) is 1.36. The molecule has 1 aromatic carbocycles. The third-order valence-electron chi connectivity index (χ3n) is 3.05. The summed E-state index contributed by atoms with van der Waals surface area (Å²) in [6, 6.07) is 6.19. The molecule has 1 aromatic rings. The van der Waals surface area contributed by atoms with Crippen LogP contribution in [0.5, 0.6) is 5.75 Å². The van der Waals surface area contributed by atoms with Crippen LogP contribution in [0.3, 0.4) is 0 Å². The smallest absolute Gasteiger partial charge is 0.116 e. The standard InChI is InChI=1S/C12H18N2O/c1-3-14-10(8-13-2)6-9-7-11(15)4-5-12(9)14/h4-5,7,10,13,15H,3,6,8H2,1-2H3. The Morgan fingerprint density at radius 2 is 2.33 bits per heavy atom. The molecule has 0 bridgehead atoms. The fourth-order valence-electron chi connectivity index (χ4n) is 2.42. The maximum absolute atomic E-state index is 9.44. The third-order valence-corrected chi connectivity index (χ3v) is 3.05. The zero-order valence-corrected chi connectivity index (χ0v) is 9.33. The molecular formula is C12H18N2O. The molecule has 1 aliphatic heterocycles. The lowest BCUT2D eigenvalue weighted by molar-refractivity contribution is 0.475. The van der Waals surface area contributed by atoms with Crippen LogP contribution < -0.4 is 10.2 Å². The fourth-order valence-corrected chi connectivity index (χ4v) is 2.42. The van der Waals surface area contributed by atoms with Crippen LogP contribution in [0.4, 0.5) is 5.69 Å². The van der Waals surface area contributed by atoms with Crippen LogP contribution in [0, 0.1) is 0 Å². The molecule has 0 fully saturated rings. The first-order valence-electron chi connectivity index (χ1n) is 5.49. The van der Waals surface area contributed by atoms with Gasteiger partial charge in [0.15, 0.2) is 0 Å². The molecule has 82 valence electrons. The summed E-state index contributed by atoms with van der Waals surface area (Å²) in [5.74, 6) is 0.370. The summed E-state index contributed by atoms with van der Waals surface area (Å²) in [5, 5.41) is 12.7. The van der Waals surface area contributed by atoms with Crippen LogP contribution in [0.1, 0.15) is 12.5 Å². The Bertz CT molecular complexity index is 351. The van der Waals surface area contributed by atoms with Crippen molar-refractivity contribution in [3.05, 3.63) is 23.8 Å². The molecule has 0 saturated carbocycles. The highest BCUT2D eigenvalue weighted by Gasteiger charge is 2.27. The third kappa shape index (κ3) is 1.79. The van der Waals surface area contributed by atoms with Gasteiger partial charge < -0.3 is 15.3 Å². The van der Waals surface area contributed by atoms with Crippen molar-refractivity contribution in [2.75, 3.05) is 25.0 Å².